The van der Waals surface area contributed by atoms with Gasteiger partial charge in [-0.1, -0.05) is 12.1 Å². The first kappa shape index (κ1) is 16.0. The molecule has 0 spiro atoms. The van der Waals surface area contributed by atoms with E-state index in [2.05, 4.69) is 4.98 Å². The van der Waals surface area contributed by atoms with E-state index >= 15 is 0 Å². The Kier molecular flexibility index (Phi) is 4.37. The molecule has 0 amide bonds. The van der Waals surface area contributed by atoms with Gasteiger partial charge in [0.05, 0.1) is 19.4 Å². The molecular weight excluding hydrogens is 312 g/mol. The van der Waals surface area contributed by atoms with Gasteiger partial charge in [0.1, 0.15) is 5.75 Å². The minimum Gasteiger partial charge on any atom is -0.497 e. The second-order valence-corrected chi connectivity index (χ2v) is 6.76. The number of hydrogen-bond acceptors (Lipinski definition) is 6. The zero-order valence-electron chi connectivity index (χ0n) is 13.3. The molecule has 1 aliphatic rings. The highest BCUT2D eigenvalue weighted by atomic mass is 32.1. The molecule has 1 aromatic carbocycles. The molecule has 0 fully saturated rings. The lowest BCUT2D eigenvalue weighted by Gasteiger charge is -2.33. The van der Waals surface area contributed by atoms with Crippen LogP contribution >= 0.6 is 11.3 Å². The lowest BCUT2D eigenvalue weighted by molar-refractivity contribution is 0.0525. The number of aryl methyl sites for hydroxylation is 1. The fourth-order valence-electron chi connectivity index (χ4n) is 2.89. The van der Waals surface area contributed by atoms with Crippen LogP contribution in [0.1, 0.15) is 39.3 Å². The van der Waals surface area contributed by atoms with Crippen LogP contribution in [-0.2, 0) is 23.1 Å². The highest BCUT2D eigenvalue weighted by Crippen LogP contribution is 2.38. The number of rotatable bonds is 4. The molecule has 1 heterocycles. The Balaban J connectivity index is 1.87. The van der Waals surface area contributed by atoms with E-state index in [-0.39, 0.29) is 5.97 Å². The van der Waals surface area contributed by atoms with E-state index in [1.54, 1.807) is 14.0 Å². The number of benzene rings is 1. The third-order valence-corrected chi connectivity index (χ3v) is 5.23. The topological polar surface area (TPSA) is 74.4 Å². The highest BCUT2D eigenvalue weighted by molar-refractivity contribution is 7.13. The predicted octanol–water partition coefficient (Wildman–Crippen LogP) is 2.67. The molecule has 23 heavy (non-hydrogen) atoms. The molecule has 1 aromatic heterocycles. The number of nitrogens with two attached hydrogens (primary N) is 1. The Hall–Kier alpha value is -1.92. The lowest BCUT2D eigenvalue weighted by Crippen LogP contribution is -2.41. The van der Waals surface area contributed by atoms with Gasteiger partial charge in [-0.05, 0) is 37.5 Å². The van der Waals surface area contributed by atoms with Crippen LogP contribution in [0, 0.1) is 0 Å². The Morgan fingerprint density at radius 3 is 3.04 bits per heavy atom. The van der Waals surface area contributed by atoms with Gasteiger partial charge in [-0.3, -0.25) is 0 Å². The normalized spacial score (nSPS) is 20.0. The summed E-state index contributed by atoms with van der Waals surface area (Å²) in [5.74, 6) is 0.450. The van der Waals surface area contributed by atoms with Crippen LogP contribution in [0.2, 0.25) is 0 Å². The van der Waals surface area contributed by atoms with Crippen molar-refractivity contribution in [2.45, 2.75) is 31.7 Å². The summed E-state index contributed by atoms with van der Waals surface area (Å²) >= 11 is 1.39. The molecule has 0 saturated carbocycles. The van der Waals surface area contributed by atoms with Crippen molar-refractivity contribution in [1.82, 2.24) is 4.98 Å². The van der Waals surface area contributed by atoms with Crippen molar-refractivity contribution in [1.29, 1.82) is 0 Å². The van der Waals surface area contributed by atoms with Crippen LogP contribution < -0.4 is 10.5 Å². The van der Waals surface area contributed by atoms with Gasteiger partial charge in [-0.25, -0.2) is 9.78 Å². The van der Waals surface area contributed by atoms with Crippen molar-refractivity contribution in [3.63, 3.8) is 0 Å². The summed E-state index contributed by atoms with van der Waals surface area (Å²) in [6.07, 6.45) is 2.23. The van der Waals surface area contributed by atoms with Gasteiger partial charge in [-0.2, -0.15) is 0 Å². The van der Waals surface area contributed by atoms with Crippen molar-refractivity contribution < 1.29 is 14.3 Å². The second kappa shape index (κ2) is 6.29. The first-order chi connectivity index (χ1) is 11.1. The minimum absolute atomic E-state index is 0.351. The molecule has 5 nitrogen and oxygen atoms in total. The minimum atomic E-state index is -0.458. The molecule has 0 saturated heterocycles. The van der Waals surface area contributed by atoms with E-state index in [4.69, 9.17) is 15.2 Å². The van der Waals surface area contributed by atoms with Crippen LogP contribution in [0.3, 0.4) is 0 Å². The number of methoxy groups -OCH3 is 1. The van der Waals surface area contributed by atoms with Crippen molar-refractivity contribution >= 4 is 17.3 Å². The van der Waals surface area contributed by atoms with E-state index < -0.39 is 5.54 Å². The molecule has 1 aliphatic carbocycles. The molecule has 6 heteroatoms. The number of hydrogen-bond donors (Lipinski definition) is 1. The summed E-state index contributed by atoms with van der Waals surface area (Å²) in [6.45, 7) is 2.15. The Morgan fingerprint density at radius 1 is 1.48 bits per heavy atom. The van der Waals surface area contributed by atoms with Gasteiger partial charge in [0.15, 0.2) is 0 Å². The van der Waals surface area contributed by atoms with Crippen molar-refractivity contribution in [3.05, 3.63) is 45.4 Å². The van der Waals surface area contributed by atoms with Gasteiger partial charge in [0.25, 0.3) is 0 Å². The van der Waals surface area contributed by atoms with Gasteiger partial charge in [0, 0.05) is 16.8 Å². The zero-order valence-corrected chi connectivity index (χ0v) is 14.1. The van der Waals surface area contributed by atoms with E-state index in [1.807, 2.05) is 24.3 Å². The molecule has 0 aliphatic heterocycles. The standard InChI is InChI=1S/C17H20N2O3S/c1-3-22-16(20)15-19-13-7-8-17(18,10-14(13)23-15)11-5-4-6-12(9-11)21-2/h4-6,9H,3,7-8,10,18H2,1-2H3. The monoisotopic (exact) mass is 332 g/mol. The second-order valence-electron chi connectivity index (χ2n) is 5.67. The third-order valence-electron chi connectivity index (χ3n) is 4.16. The SMILES string of the molecule is CCOC(=O)c1nc2c(s1)CC(N)(c1cccc(OC)c1)CC2. The number of fused-ring (bicyclic) bond motifs is 1. The van der Waals surface area contributed by atoms with Crippen molar-refractivity contribution in [3.8, 4) is 5.75 Å². The summed E-state index contributed by atoms with van der Waals surface area (Å²) in [5, 5.41) is 0.423. The molecular formula is C17H20N2O3S. The van der Waals surface area contributed by atoms with E-state index in [9.17, 15) is 4.79 Å². The zero-order chi connectivity index (χ0) is 16.4. The van der Waals surface area contributed by atoms with Crippen LogP contribution in [0.15, 0.2) is 24.3 Å². The van der Waals surface area contributed by atoms with E-state index in [0.717, 1.165) is 34.7 Å². The van der Waals surface area contributed by atoms with Crippen LogP contribution in [-0.4, -0.2) is 24.7 Å². The Labute approximate surface area is 139 Å². The van der Waals surface area contributed by atoms with E-state index in [1.165, 1.54) is 11.3 Å². The molecule has 2 aromatic rings. The van der Waals surface area contributed by atoms with Crippen molar-refractivity contribution in [2.75, 3.05) is 13.7 Å². The Bertz CT molecular complexity index is 728. The van der Waals surface area contributed by atoms with Crippen molar-refractivity contribution in [2.24, 2.45) is 5.73 Å². The number of nitrogens with zero attached hydrogens (tertiary/aromatic N) is 1. The summed E-state index contributed by atoms with van der Waals surface area (Å²) < 4.78 is 10.3. The van der Waals surface area contributed by atoms with Gasteiger partial charge >= 0.3 is 5.97 Å². The smallest absolute Gasteiger partial charge is 0.367 e. The third kappa shape index (κ3) is 3.09. The average molecular weight is 332 g/mol. The molecule has 0 bridgehead atoms. The number of esters is 1. The van der Waals surface area contributed by atoms with Gasteiger partial charge < -0.3 is 15.2 Å². The number of thiazole rings is 1. The van der Waals surface area contributed by atoms with Gasteiger partial charge in [0.2, 0.25) is 5.01 Å². The fourth-order valence-corrected chi connectivity index (χ4v) is 4.02. The van der Waals surface area contributed by atoms with Crippen LogP contribution in [0.5, 0.6) is 5.75 Å². The summed E-state index contributed by atoms with van der Waals surface area (Å²) in [6, 6.07) is 7.88. The maximum absolute atomic E-state index is 11.9. The maximum atomic E-state index is 11.9. The maximum Gasteiger partial charge on any atom is 0.367 e. The summed E-state index contributed by atoms with van der Waals surface area (Å²) in [5.41, 5.74) is 8.24. The Morgan fingerprint density at radius 2 is 2.30 bits per heavy atom. The number of carbonyl (C=O) groups excluding carboxylic acids is 1. The number of ether oxygens (including phenoxy) is 2. The quantitative estimate of drug-likeness (QED) is 0.871. The lowest BCUT2D eigenvalue weighted by atomic mass is 9.78. The average Bonchev–Trinajstić information content (AvgIpc) is 2.98. The largest absolute Gasteiger partial charge is 0.497 e. The molecule has 1 unspecified atom stereocenters. The number of carbonyl (C=O) groups is 1. The highest BCUT2D eigenvalue weighted by Gasteiger charge is 2.35. The first-order valence-corrected chi connectivity index (χ1v) is 8.46. The van der Waals surface area contributed by atoms with Gasteiger partial charge in [-0.15, -0.1) is 11.3 Å². The molecule has 2 N–H and O–H groups in total. The fraction of sp³-hybridized carbons (Fsp3) is 0.412. The van der Waals surface area contributed by atoms with Crippen LogP contribution in [0.4, 0.5) is 0 Å². The molecule has 3 rings (SSSR count). The molecule has 122 valence electrons. The summed E-state index contributed by atoms with van der Waals surface area (Å²) in [4.78, 5) is 17.4. The van der Waals surface area contributed by atoms with Crippen LogP contribution in [0.25, 0.3) is 0 Å². The summed E-state index contributed by atoms with van der Waals surface area (Å²) in [7, 11) is 1.65. The predicted molar refractivity (Wildman–Crippen MR) is 89.0 cm³/mol. The first-order valence-electron chi connectivity index (χ1n) is 7.65. The molecule has 0 radical (unpaired) electrons. The molecule has 1 atom stereocenters. The number of aromatic nitrogens is 1. The van der Waals surface area contributed by atoms with E-state index in [0.29, 0.717) is 18.0 Å².